The van der Waals surface area contributed by atoms with Crippen LogP contribution in [0.1, 0.15) is 46.1 Å². The van der Waals surface area contributed by atoms with Gasteiger partial charge in [0.05, 0.1) is 23.5 Å². The molecule has 4 heterocycles. The molecular weight excluding hydrogens is 424 g/mol. The minimum atomic E-state index is -0.186. The van der Waals surface area contributed by atoms with Crippen LogP contribution in [0.25, 0.3) is 33.4 Å². The molecule has 7 nitrogen and oxygen atoms in total. The molecule has 2 aliphatic rings. The SMILES string of the molecule is CC(C)N1c2nc(-c3c[nH]c4ccc(-c5ccc(C6(N)CC6)cn5)cc34)cc(=O)n2CC1(C)C. The summed E-state index contributed by atoms with van der Waals surface area (Å²) in [5.41, 5.74) is 11.6. The second kappa shape index (κ2) is 7.03. The molecule has 1 aliphatic carbocycles. The van der Waals surface area contributed by atoms with Crippen molar-refractivity contribution in [2.24, 2.45) is 5.73 Å². The second-order valence-electron chi connectivity index (χ2n) is 10.7. The lowest BCUT2D eigenvalue weighted by Gasteiger charge is -2.35. The third kappa shape index (κ3) is 3.18. The van der Waals surface area contributed by atoms with Gasteiger partial charge in [0.1, 0.15) is 0 Å². The zero-order valence-corrected chi connectivity index (χ0v) is 20.1. The van der Waals surface area contributed by atoms with Gasteiger partial charge in [0.25, 0.3) is 5.56 Å². The standard InChI is InChI=1S/C27H30N6O/c1-16(2)33-25-31-23(12-24(34)32(25)15-26(33,3)4)20-14-30-22-7-5-17(11-19(20)22)21-8-6-18(13-29-21)27(28)9-10-27/h5-8,11-14,16,30H,9-10,15,28H2,1-4H3. The van der Waals surface area contributed by atoms with E-state index in [1.807, 2.05) is 18.5 Å². The monoisotopic (exact) mass is 454 g/mol. The summed E-state index contributed by atoms with van der Waals surface area (Å²) in [5.74, 6) is 0.737. The van der Waals surface area contributed by atoms with Crippen molar-refractivity contribution in [1.29, 1.82) is 0 Å². The first-order valence-corrected chi connectivity index (χ1v) is 11.9. The number of hydrogen-bond acceptors (Lipinski definition) is 5. The van der Waals surface area contributed by atoms with Crippen LogP contribution in [0.15, 0.2) is 53.6 Å². The molecule has 0 radical (unpaired) electrons. The van der Waals surface area contributed by atoms with Gasteiger partial charge in [-0.1, -0.05) is 12.1 Å². The number of anilines is 1. The van der Waals surface area contributed by atoms with Gasteiger partial charge in [0.2, 0.25) is 5.95 Å². The van der Waals surface area contributed by atoms with Crippen LogP contribution in [0.4, 0.5) is 5.95 Å². The summed E-state index contributed by atoms with van der Waals surface area (Å²) >= 11 is 0. The fraction of sp³-hybridized carbons (Fsp3) is 0.370. The summed E-state index contributed by atoms with van der Waals surface area (Å²) in [6.07, 6.45) is 5.88. The molecule has 4 aromatic rings. The zero-order valence-electron chi connectivity index (χ0n) is 20.1. The maximum atomic E-state index is 13.1. The summed E-state index contributed by atoms with van der Waals surface area (Å²) < 4.78 is 1.79. The molecule has 1 aromatic carbocycles. The van der Waals surface area contributed by atoms with Crippen molar-refractivity contribution in [3.63, 3.8) is 0 Å². The van der Waals surface area contributed by atoms with E-state index in [1.54, 1.807) is 10.6 Å². The van der Waals surface area contributed by atoms with E-state index in [-0.39, 0.29) is 22.7 Å². The summed E-state index contributed by atoms with van der Waals surface area (Å²) in [6, 6.07) is 12.3. The molecule has 0 atom stereocenters. The maximum absolute atomic E-state index is 13.1. The Labute approximate surface area is 198 Å². The Morgan fingerprint density at radius 3 is 2.56 bits per heavy atom. The molecule has 3 aromatic heterocycles. The fourth-order valence-corrected chi connectivity index (χ4v) is 5.40. The number of aromatic nitrogens is 4. The molecule has 1 aliphatic heterocycles. The molecule has 1 fully saturated rings. The van der Waals surface area contributed by atoms with E-state index in [9.17, 15) is 4.79 Å². The number of rotatable bonds is 4. The molecule has 174 valence electrons. The average Bonchev–Trinajstić information content (AvgIpc) is 3.29. The molecule has 7 heteroatoms. The number of nitrogens with zero attached hydrogens (tertiary/aromatic N) is 4. The van der Waals surface area contributed by atoms with E-state index in [2.05, 4.69) is 66.8 Å². The largest absolute Gasteiger partial charge is 0.360 e. The smallest absolute Gasteiger partial charge is 0.255 e. The van der Waals surface area contributed by atoms with Crippen molar-refractivity contribution in [2.45, 2.75) is 64.2 Å². The third-order valence-corrected chi connectivity index (χ3v) is 7.30. The Kier molecular flexibility index (Phi) is 4.36. The fourth-order valence-electron chi connectivity index (χ4n) is 5.40. The summed E-state index contributed by atoms with van der Waals surface area (Å²) in [5, 5.41) is 1.02. The molecule has 0 unspecified atom stereocenters. The summed E-state index contributed by atoms with van der Waals surface area (Å²) in [7, 11) is 0. The van der Waals surface area contributed by atoms with Gasteiger partial charge in [-0.05, 0) is 64.3 Å². The quantitative estimate of drug-likeness (QED) is 0.477. The van der Waals surface area contributed by atoms with Crippen LogP contribution < -0.4 is 16.2 Å². The molecule has 0 saturated heterocycles. The van der Waals surface area contributed by atoms with Gasteiger partial charge < -0.3 is 15.6 Å². The van der Waals surface area contributed by atoms with E-state index in [4.69, 9.17) is 10.7 Å². The number of aromatic amines is 1. The highest BCUT2D eigenvalue weighted by Crippen LogP contribution is 2.42. The predicted octanol–water partition coefficient (Wildman–Crippen LogP) is 4.41. The van der Waals surface area contributed by atoms with Crippen LogP contribution in [-0.4, -0.2) is 31.1 Å². The zero-order chi connectivity index (χ0) is 23.8. The second-order valence-corrected chi connectivity index (χ2v) is 10.7. The Morgan fingerprint density at radius 1 is 1.09 bits per heavy atom. The maximum Gasteiger partial charge on any atom is 0.255 e. The normalized spacial score (nSPS) is 18.0. The molecule has 0 amide bonds. The lowest BCUT2D eigenvalue weighted by molar-refractivity contribution is 0.425. The van der Waals surface area contributed by atoms with Gasteiger partial charge in [-0.15, -0.1) is 0 Å². The number of benzene rings is 1. The van der Waals surface area contributed by atoms with Crippen LogP contribution >= 0.6 is 0 Å². The van der Waals surface area contributed by atoms with E-state index in [0.29, 0.717) is 12.2 Å². The van der Waals surface area contributed by atoms with Crippen LogP contribution in [0, 0.1) is 0 Å². The van der Waals surface area contributed by atoms with Crippen molar-refractivity contribution in [3.05, 3.63) is 64.7 Å². The van der Waals surface area contributed by atoms with Crippen LogP contribution in [-0.2, 0) is 12.1 Å². The number of hydrogen-bond donors (Lipinski definition) is 2. The third-order valence-electron chi connectivity index (χ3n) is 7.30. The van der Waals surface area contributed by atoms with Crippen LogP contribution in [0.5, 0.6) is 0 Å². The number of nitrogens with two attached hydrogens (primary N) is 1. The Balaban J connectivity index is 1.44. The first-order valence-electron chi connectivity index (χ1n) is 11.9. The number of nitrogens with one attached hydrogen (secondary N) is 1. The topological polar surface area (TPSA) is 92.8 Å². The van der Waals surface area contributed by atoms with Crippen LogP contribution in [0.3, 0.4) is 0 Å². The molecule has 0 spiro atoms. The van der Waals surface area contributed by atoms with Gasteiger partial charge in [-0.3, -0.25) is 14.3 Å². The molecule has 6 rings (SSSR count). The van der Waals surface area contributed by atoms with Crippen LogP contribution in [0.2, 0.25) is 0 Å². The van der Waals surface area contributed by atoms with Crippen molar-refractivity contribution in [3.8, 4) is 22.5 Å². The van der Waals surface area contributed by atoms with E-state index in [1.165, 1.54) is 0 Å². The van der Waals surface area contributed by atoms with Gasteiger partial charge in [-0.2, -0.15) is 0 Å². The van der Waals surface area contributed by atoms with Gasteiger partial charge in [-0.25, -0.2) is 4.98 Å². The number of fused-ring (bicyclic) bond motifs is 2. The number of pyridine rings is 1. The minimum absolute atomic E-state index is 0.0187. The van der Waals surface area contributed by atoms with Gasteiger partial charge in [0, 0.05) is 52.1 Å². The lowest BCUT2D eigenvalue weighted by Crippen LogP contribution is -2.45. The van der Waals surface area contributed by atoms with E-state index in [0.717, 1.165) is 52.1 Å². The molecule has 3 N–H and O–H groups in total. The molecule has 1 saturated carbocycles. The van der Waals surface area contributed by atoms with Crippen molar-refractivity contribution in [1.82, 2.24) is 19.5 Å². The van der Waals surface area contributed by atoms with Crippen molar-refractivity contribution >= 4 is 16.9 Å². The van der Waals surface area contributed by atoms with Crippen molar-refractivity contribution in [2.75, 3.05) is 4.90 Å². The summed E-state index contributed by atoms with van der Waals surface area (Å²) in [6.45, 7) is 9.24. The highest BCUT2D eigenvalue weighted by Gasteiger charge is 2.40. The summed E-state index contributed by atoms with van der Waals surface area (Å²) in [4.78, 5) is 28.4. The van der Waals surface area contributed by atoms with Crippen molar-refractivity contribution < 1.29 is 0 Å². The first kappa shape index (κ1) is 21.1. The molecule has 0 bridgehead atoms. The Hall–Kier alpha value is -3.45. The Morgan fingerprint density at radius 2 is 1.88 bits per heavy atom. The lowest BCUT2D eigenvalue weighted by atomic mass is 10.0. The van der Waals surface area contributed by atoms with Gasteiger partial charge >= 0.3 is 0 Å². The molecular formula is C27H30N6O. The van der Waals surface area contributed by atoms with E-state index < -0.39 is 0 Å². The highest BCUT2D eigenvalue weighted by molar-refractivity contribution is 5.97. The number of H-pyrrole nitrogens is 1. The average molecular weight is 455 g/mol. The predicted molar refractivity (Wildman–Crippen MR) is 136 cm³/mol. The minimum Gasteiger partial charge on any atom is -0.360 e. The molecule has 34 heavy (non-hydrogen) atoms. The van der Waals surface area contributed by atoms with Gasteiger partial charge in [0.15, 0.2) is 0 Å². The Bertz CT molecular complexity index is 1470. The highest BCUT2D eigenvalue weighted by atomic mass is 16.1. The van der Waals surface area contributed by atoms with E-state index >= 15 is 0 Å². The first-order chi connectivity index (χ1) is 16.2.